The maximum atomic E-state index is 5.30. The predicted octanol–water partition coefficient (Wildman–Crippen LogP) is 1.79. The van der Waals surface area contributed by atoms with Crippen LogP contribution in [-0.2, 0) is 6.54 Å². The lowest BCUT2D eigenvalue weighted by Gasteiger charge is -2.09. The molecule has 1 aliphatic rings. The zero-order chi connectivity index (χ0) is 9.54. The van der Waals surface area contributed by atoms with Gasteiger partial charge in [0.05, 0.1) is 17.6 Å². The average Bonchev–Trinajstić information content (AvgIpc) is 2.53. The highest BCUT2D eigenvalue weighted by atomic mass is 16.5. The fourth-order valence-corrected chi connectivity index (χ4v) is 1.67. The number of hydrogen-bond acceptors (Lipinski definition) is 3. The topological polar surface area (TPSA) is 50.3 Å². The number of nitrogens with one attached hydrogen (secondary N) is 1. The van der Waals surface area contributed by atoms with Crippen LogP contribution >= 0.6 is 0 Å². The van der Waals surface area contributed by atoms with Crippen molar-refractivity contribution in [2.45, 2.75) is 13.5 Å². The van der Waals surface area contributed by atoms with E-state index in [1.807, 2.05) is 19.1 Å². The van der Waals surface area contributed by atoms with E-state index >= 15 is 0 Å². The molecule has 0 saturated heterocycles. The largest absolute Gasteiger partial charge is 0.446 e. The molecule has 70 valence electrons. The van der Waals surface area contributed by atoms with Crippen molar-refractivity contribution in [2.24, 2.45) is 4.99 Å². The molecule has 3 rings (SSSR count). The van der Waals surface area contributed by atoms with Gasteiger partial charge < -0.3 is 9.72 Å². The quantitative estimate of drug-likeness (QED) is 0.683. The number of H-pyrrole nitrogens is 1. The highest BCUT2D eigenvalue weighted by Gasteiger charge is 2.10. The Balaban J connectivity index is 2.29. The van der Waals surface area contributed by atoms with E-state index in [4.69, 9.17) is 4.74 Å². The van der Waals surface area contributed by atoms with Crippen LogP contribution in [0.4, 0.5) is 0 Å². The van der Waals surface area contributed by atoms with E-state index in [1.54, 1.807) is 0 Å². The summed E-state index contributed by atoms with van der Waals surface area (Å²) in [5.74, 6) is 1.78. The summed E-state index contributed by atoms with van der Waals surface area (Å²) in [5, 5.41) is 0. The molecular formula is C10H9N3O. The monoisotopic (exact) mass is 187 g/mol. The highest BCUT2D eigenvalue weighted by Crippen LogP contribution is 2.26. The summed E-state index contributed by atoms with van der Waals surface area (Å²) in [6, 6.07) is 3.99. The number of benzene rings is 1. The van der Waals surface area contributed by atoms with Gasteiger partial charge in [-0.15, -0.1) is 0 Å². The van der Waals surface area contributed by atoms with Gasteiger partial charge >= 0.3 is 0 Å². The molecule has 1 aromatic heterocycles. The number of imidazole rings is 1. The summed E-state index contributed by atoms with van der Waals surface area (Å²) in [5.41, 5.74) is 3.09. The Kier molecular flexibility index (Phi) is 1.39. The van der Waals surface area contributed by atoms with Gasteiger partial charge in [0.15, 0.2) is 6.40 Å². The van der Waals surface area contributed by atoms with Crippen LogP contribution in [0.5, 0.6) is 5.75 Å². The number of rotatable bonds is 0. The van der Waals surface area contributed by atoms with E-state index in [2.05, 4.69) is 15.0 Å². The second kappa shape index (κ2) is 2.57. The van der Waals surface area contributed by atoms with Crippen molar-refractivity contribution in [1.82, 2.24) is 9.97 Å². The van der Waals surface area contributed by atoms with Crippen molar-refractivity contribution in [1.29, 1.82) is 0 Å². The van der Waals surface area contributed by atoms with Gasteiger partial charge in [0.2, 0.25) is 0 Å². The normalized spacial score (nSPS) is 14.1. The molecule has 0 radical (unpaired) electrons. The van der Waals surface area contributed by atoms with Gasteiger partial charge in [-0.25, -0.2) is 4.98 Å². The Morgan fingerprint density at radius 1 is 1.43 bits per heavy atom. The summed E-state index contributed by atoms with van der Waals surface area (Å²) in [4.78, 5) is 11.6. The molecule has 2 heterocycles. The van der Waals surface area contributed by atoms with E-state index in [1.165, 1.54) is 6.40 Å². The number of aromatic amines is 1. The predicted molar refractivity (Wildman–Crippen MR) is 53.7 cm³/mol. The highest BCUT2D eigenvalue weighted by molar-refractivity contribution is 5.79. The first-order valence-electron chi connectivity index (χ1n) is 4.47. The Labute approximate surface area is 80.6 Å². The molecule has 0 saturated carbocycles. The molecule has 4 nitrogen and oxygen atoms in total. The smallest absolute Gasteiger partial charge is 0.176 e. The zero-order valence-electron chi connectivity index (χ0n) is 7.74. The Hall–Kier alpha value is -1.84. The molecule has 14 heavy (non-hydrogen) atoms. The second-order valence-electron chi connectivity index (χ2n) is 3.36. The van der Waals surface area contributed by atoms with Crippen molar-refractivity contribution in [2.75, 3.05) is 0 Å². The van der Waals surface area contributed by atoms with Crippen LogP contribution in [0.1, 0.15) is 11.4 Å². The Bertz CT molecular complexity index is 482. The summed E-state index contributed by atoms with van der Waals surface area (Å²) < 4.78 is 5.30. The van der Waals surface area contributed by atoms with E-state index in [9.17, 15) is 0 Å². The van der Waals surface area contributed by atoms with E-state index in [0.29, 0.717) is 6.54 Å². The summed E-state index contributed by atoms with van der Waals surface area (Å²) in [6.07, 6.45) is 1.48. The number of aromatic nitrogens is 2. The third kappa shape index (κ3) is 1.00. The maximum absolute atomic E-state index is 5.30. The molecule has 0 fully saturated rings. The lowest BCUT2D eigenvalue weighted by Crippen LogP contribution is -2.00. The first-order chi connectivity index (χ1) is 6.83. The minimum absolute atomic E-state index is 0.684. The molecule has 0 unspecified atom stereocenters. The first kappa shape index (κ1) is 7.55. The van der Waals surface area contributed by atoms with Gasteiger partial charge in [0, 0.05) is 11.6 Å². The number of nitrogens with zero attached hydrogens (tertiary/aromatic N) is 2. The molecular weight excluding hydrogens is 178 g/mol. The third-order valence-corrected chi connectivity index (χ3v) is 2.30. The second-order valence-corrected chi connectivity index (χ2v) is 3.36. The molecule has 1 aromatic carbocycles. The minimum Gasteiger partial charge on any atom is -0.446 e. The SMILES string of the molecule is Cc1nc2cc3c(cc2[nH]1)CN=CO3. The van der Waals surface area contributed by atoms with Crippen molar-refractivity contribution < 1.29 is 4.74 Å². The summed E-state index contributed by atoms with van der Waals surface area (Å²) in [7, 11) is 0. The van der Waals surface area contributed by atoms with Gasteiger partial charge in [0.1, 0.15) is 11.6 Å². The molecule has 0 bridgehead atoms. The molecule has 2 aromatic rings. The van der Waals surface area contributed by atoms with Crippen LogP contribution in [0.25, 0.3) is 11.0 Å². The van der Waals surface area contributed by atoms with Crippen molar-refractivity contribution in [3.63, 3.8) is 0 Å². The Morgan fingerprint density at radius 3 is 3.29 bits per heavy atom. The zero-order valence-corrected chi connectivity index (χ0v) is 7.74. The lowest BCUT2D eigenvalue weighted by molar-refractivity contribution is 0.547. The Morgan fingerprint density at radius 2 is 2.36 bits per heavy atom. The number of aryl methyl sites for hydroxylation is 1. The first-order valence-corrected chi connectivity index (χ1v) is 4.47. The van der Waals surface area contributed by atoms with Crippen LogP contribution in [-0.4, -0.2) is 16.4 Å². The third-order valence-electron chi connectivity index (χ3n) is 2.30. The van der Waals surface area contributed by atoms with Crippen molar-refractivity contribution in [3.8, 4) is 5.75 Å². The average molecular weight is 187 g/mol. The van der Waals surface area contributed by atoms with Crippen molar-refractivity contribution in [3.05, 3.63) is 23.5 Å². The van der Waals surface area contributed by atoms with E-state index in [0.717, 1.165) is 28.2 Å². The molecule has 0 amide bonds. The van der Waals surface area contributed by atoms with Gasteiger partial charge in [-0.3, -0.25) is 4.99 Å². The minimum atomic E-state index is 0.684. The lowest BCUT2D eigenvalue weighted by atomic mass is 10.1. The van der Waals surface area contributed by atoms with Crippen LogP contribution in [0.2, 0.25) is 0 Å². The summed E-state index contributed by atoms with van der Waals surface area (Å²) in [6.45, 7) is 2.62. The molecule has 0 atom stereocenters. The molecule has 1 N–H and O–H groups in total. The number of hydrogen-bond donors (Lipinski definition) is 1. The van der Waals surface area contributed by atoms with Gasteiger partial charge in [-0.05, 0) is 13.0 Å². The number of ether oxygens (including phenoxy) is 1. The van der Waals surface area contributed by atoms with Gasteiger partial charge in [-0.1, -0.05) is 0 Å². The molecule has 0 aliphatic carbocycles. The maximum Gasteiger partial charge on any atom is 0.176 e. The van der Waals surface area contributed by atoms with E-state index in [-0.39, 0.29) is 0 Å². The molecule has 0 spiro atoms. The standard InChI is InChI=1S/C10H9N3O/c1-6-12-8-2-7-4-11-5-14-10(7)3-9(8)13-6/h2-3,5H,4H2,1H3,(H,12,13). The van der Waals surface area contributed by atoms with Crippen LogP contribution in [0.15, 0.2) is 17.1 Å². The number of fused-ring (bicyclic) bond motifs is 2. The van der Waals surface area contributed by atoms with Gasteiger partial charge in [0.25, 0.3) is 0 Å². The fourth-order valence-electron chi connectivity index (χ4n) is 1.67. The van der Waals surface area contributed by atoms with Crippen LogP contribution in [0.3, 0.4) is 0 Å². The van der Waals surface area contributed by atoms with Crippen molar-refractivity contribution >= 4 is 17.4 Å². The van der Waals surface area contributed by atoms with E-state index < -0.39 is 0 Å². The van der Waals surface area contributed by atoms with Crippen LogP contribution < -0.4 is 4.74 Å². The van der Waals surface area contributed by atoms with Crippen LogP contribution in [0, 0.1) is 6.92 Å². The summed E-state index contributed by atoms with van der Waals surface area (Å²) >= 11 is 0. The molecule has 4 heteroatoms. The number of aliphatic imine (C=N–C) groups is 1. The fraction of sp³-hybridized carbons (Fsp3) is 0.200. The van der Waals surface area contributed by atoms with Gasteiger partial charge in [-0.2, -0.15) is 0 Å². The molecule has 1 aliphatic heterocycles.